The molecular weight excluding hydrogens is 317 g/mol. The van der Waals surface area contributed by atoms with Gasteiger partial charge < -0.3 is 15.3 Å². The third-order valence-corrected chi connectivity index (χ3v) is 3.10. The largest absolute Gasteiger partial charge is 0.490 e. The van der Waals surface area contributed by atoms with Crippen LogP contribution in [0.15, 0.2) is 24.3 Å². The molecule has 1 fully saturated rings. The zero-order valence-electron chi connectivity index (χ0n) is 12.0. The molecule has 0 radical (unpaired) electrons. The van der Waals surface area contributed by atoms with Crippen LogP contribution in [-0.4, -0.2) is 51.6 Å². The topological polar surface area (TPSA) is 89.3 Å². The van der Waals surface area contributed by atoms with E-state index in [1.54, 1.807) is 4.85 Å². The molecule has 2 aromatic rings. The average Bonchev–Trinajstić information content (AvgIpc) is 2.91. The maximum Gasteiger partial charge on any atom is 0.490 e. The van der Waals surface area contributed by atoms with E-state index in [9.17, 15) is 13.2 Å². The number of benzene rings is 1. The zero-order chi connectivity index (χ0) is 16.9. The Labute approximate surface area is 129 Å². The summed E-state index contributed by atoms with van der Waals surface area (Å²) in [7, 11) is 0. The highest BCUT2D eigenvalue weighted by Gasteiger charge is 2.38. The SMILES string of the molecule is O=C(O)C(F)(F)F.c1ccc2c(c1)nnn2OC1CCNCC1. The van der Waals surface area contributed by atoms with Crippen molar-refractivity contribution < 1.29 is 27.9 Å². The van der Waals surface area contributed by atoms with Crippen LogP contribution in [0.5, 0.6) is 0 Å². The summed E-state index contributed by atoms with van der Waals surface area (Å²) < 4.78 is 31.7. The molecule has 126 valence electrons. The van der Waals surface area contributed by atoms with Crippen molar-refractivity contribution in [2.75, 3.05) is 13.1 Å². The number of hydrogen-bond donors (Lipinski definition) is 2. The standard InChI is InChI=1S/C11H14N4O.C2HF3O2/c1-2-4-11-10(3-1)13-14-15(11)16-9-5-7-12-8-6-9;3-2(4,5)1(6)7/h1-4,9,12H,5-8H2;(H,6,7). The first kappa shape index (κ1) is 17.0. The fourth-order valence-corrected chi connectivity index (χ4v) is 1.97. The lowest BCUT2D eigenvalue weighted by atomic mass is 10.1. The lowest BCUT2D eigenvalue weighted by Gasteiger charge is -2.22. The summed E-state index contributed by atoms with van der Waals surface area (Å²) in [5, 5.41) is 18.5. The normalized spacial score (nSPS) is 15.8. The van der Waals surface area contributed by atoms with Crippen LogP contribution < -0.4 is 10.2 Å². The number of halogens is 3. The predicted octanol–water partition coefficient (Wildman–Crippen LogP) is 1.25. The molecule has 7 nitrogen and oxygen atoms in total. The van der Waals surface area contributed by atoms with Gasteiger partial charge in [0.25, 0.3) is 0 Å². The summed E-state index contributed by atoms with van der Waals surface area (Å²) in [6.07, 6.45) is -2.80. The molecule has 1 aromatic carbocycles. The van der Waals surface area contributed by atoms with E-state index in [1.165, 1.54) is 0 Å². The number of carboxylic acid groups (broad SMARTS) is 1. The lowest BCUT2D eigenvalue weighted by Crippen LogP contribution is -2.37. The third-order valence-electron chi connectivity index (χ3n) is 3.10. The van der Waals surface area contributed by atoms with Crippen LogP contribution >= 0.6 is 0 Å². The molecule has 0 atom stereocenters. The Morgan fingerprint density at radius 1 is 1.30 bits per heavy atom. The van der Waals surface area contributed by atoms with Gasteiger partial charge in [0, 0.05) is 0 Å². The smallest absolute Gasteiger partial charge is 0.475 e. The Morgan fingerprint density at radius 2 is 1.91 bits per heavy atom. The van der Waals surface area contributed by atoms with E-state index < -0.39 is 12.1 Å². The van der Waals surface area contributed by atoms with E-state index in [2.05, 4.69) is 15.6 Å². The van der Waals surface area contributed by atoms with E-state index in [1.807, 2.05) is 24.3 Å². The van der Waals surface area contributed by atoms with Crippen molar-refractivity contribution >= 4 is 17.0 Å². The van der Waals surface area contributed by atoms with E-state index in [0.717, 1.165) is 37.0 Å². The third kappa shape index (κ3) is 4.81. The number of nitrogens with one attached hydrogen (secondary N) is 1. The van der Waals surface area contributed by atoms with Crippen molar-refractivity contribution in [3.8, 4) is 0 Å². The molecule has 2 heterocycles. The van der Waals surface area contributed by atoms with Crippen LogP contribution in [0.4, 0.5) is 13.2 Å². The number of fused-ring (bicyclic) bond motifs is 1. The Morgan fingerprint density at radius 3 is 2.52 bits per heavy atom. The number of carbonyl (C=O) groups is 1. The fraction of sp³-hybridized carbons (Fsp3) is 0.462. The molecule has 1 aliphatic rings. The number of para-hydroxylation sites is 1. The first-order valence-corrected chi connectivity index (χ1v) is 6.86. The van der Waals surface area contributed by atoms with E-state index in [4.69, 9.17) is 14.7 Å². The van der Waals surface area contributed by atoms with Crippen LogP contribution in [0.1, 0.15) is 12.8 Å². The Bertz CT molecular complexity index is 653. The molecule has 0 bridgehead atoms. The van der Waals surface area contributed by atoms with Gasteiger partial charge in [0.05, 0.1) is 0 Å². The van der Waals surface area contributed by atoms with Gasteiger partial charge in [-0.05, 0) is 43.3 Å². The van der Waals surface area contributed by atoms with Crippen molar-refractivity contribution in [1.29, 1.82) is 0 Å². The lowest BCUT2D eigenvalue weighted by molar-refractivity contribution is -0.192. The predicted molar refractivity (Wildman–Crippen MR) is 73.7 cm³/mol. The highest BCUT2D eigenvalue weighted by atomic mass is 19.4. The fourth-order valence-electron chi connectivity index (χ4n) is 1.97. The Hall–Kier alpha value is -2.36. The first-order valence-electron chi connectivity index (χ1n) is 6.86. The molecule has 0 saturated carbocycles. The summed E-state index contributed by atoms with van der Waals surface area (Å²) in [5.74, 6) is -2.76. The van der Waals surface area contributed by atoms with Gasteiger partial charge in [-0.3, -0.25) is 0 Å². The average molecular weight is 332 g/mol. The second-order valence-corrected chi connectivity index (χ2v) is 4.81. The summed E-state index contributed by atoms with van der Waals surface area (Å²) in [6, 6.07) is 7.82. The molecular formula is C13H15F3N4O3. The first-order chi connectivity index (χ1) is 10.9. The van der Waals surface area contributed by atoms with Crippen molar-refractivity contribution in [3.05, 3.63) is 24.3 Å². The maximum absolute atomic E-state index is 10.6. The zero-order valence-corrected chi connectivity index (χ0v) is 12.0. The molecule has 2 N–H and O–H groups in total. The van der Waals surface area contributed by atoms with E-state index in [0.29, 0.717) is 0 Å². The van der Waals surface area contributed by atoms with Gasteiger partial charge in [-0.25, -0.2) is 4.79 Å². The molecule has 0 aliphatic carbocycles. The molecule has 1 aliphatic heterocycles. The highest BCUT2D eigenvalue weighted by Crippen LogP contribution is 2.13. The second-order valence-electron chi connectivity index (χ2n) is 4.81. The molecule has 23 heavy (non-hydrogen) atoms. The summed E-state index contributed by atoms with van der Waals surface area (Å²) >= 11 is 0. The quantitative estimate of drug-likeness (QED) is 0.860. The molecule has 10 heteroatoms. The minimum Gasteiger partial charge on any atom is -0.475 e. The summed E-state index contributed by atoms with van der Waals surface area (Å²) in [4.78, 5) is 16.3. The Balaban J connectivity index is 0.000000236. The van der Waals surface area contributed by atoms with Crippen molar-refractivity contribution in [2.45, 2.75) is 25.1 Å². The van der Waals surface area contributed by atoms with Crippen molar-refractivity contribution in [2.24, 2.45) is 0 Å². The molecule has 0 amide bonds. The van der Waals surface area contributed by atoms with Crippen LogP contribution in [-0.2, 0) is 4.79 Å². The van der Waals surface area contributed by atoms with Crippen molar-refractivity contribution in [3.63, 3.8) is 0 Å². The van der Waals surface area contributed by atoms with Gasteiger partial charge in [-0.1, -0.05) is 17.0 Å². The van der Waals surface area contributed by atoms with E-state index in [-0.39, 0.29) is 6.10 Å². The van der Waals surface area contributed by atoms with E-state index >= 15 is 0 Å². The monoisotopic (exact) mass is 332 g/mol. The van der Waals surface area contributed by atoms with Gasteiger partial charge in [-0.2, -0.15) is 13.2 Å². The number of nitrogens with zero attached hydrogens (tertiary/aromatic N) is 3. The number of rotatable bonds is 2. The molecule has 1 aromatic heterocycles. The van der Waals surface area contributed by atoms with Gasteiger partial charge >= 0.3 is 12.1 Å². The Kier molecular flexibility index (Phi) is 5.37. The second kappa shape index (κ2) is 7.27. The van der Waals surface area contributed by atoms with Crippen LogP contribution in [0.3, 0.4) is 0 Å². The highest BCUT2D eigenvalue weighted by molar-refractivity contribution is 5.73. The van der Waals surface area contributed by atoms with Crippen LogP contribution in [0, 0.1) is 0 Å². The number of aliphatic carboxylic acids is 1. The van der Waals surface area contributed by atoms with Crippen molar-refractivity contribution in [1.82, 2.24) is 20.5 Å². The molecule has 0 unspecified atom stereocenters. The van der Waals surface area contributed by atoms with Gasteiger partial charge in [0.1, 0.15) is 17.1 Å². The van der Waals surface area contributed by atoms with Gasteiger partial charge in [0.2, 0.25) is 0 Å². The number of hydrogen-bond acceptors (Lipinski definition) is 5. The summed E-state index contributed by atoms with van der Waals surface area (Å²) in [6.45, 7) is 2.02. The number of piperidine rings is 1. The minimum atomic E-state index is -5.08. The van der Waals surface area contributed by atoms with Gasteiger partial charge in [0.15, 0.2) is 0 Å². The maximum atomic E-state index is 10.6. The van der Waals surface area contributed by atoms with Crippen LogP contribution in [0.25, 0.3) is 11.0 Å². The minimum absolute atomic E-state index is 0.242. The molecule has 3 rings (SSSR count). The summed E-state index contributed by atoms with van der Waals surface area (Å²) in [5.41, 5.74) is 1.80. The van der Waals surface area contributed by atoms with Gasteiger partial charge in [-0.15, -0.1) is 5.10 Å². The number of aromatic nitrogens is 3. The number of carboxylic acids is 1. The number of alkyl halides is 3. The molecule has 0 spiro atoms. The van der Waals surface area contributed by atoms with Crippen LogP contribution in [0.2, 0.25) is 0 Å². The molecule has 1 saturated heterocycles.